The van der Waals surface area contributed by atoms with Gasteiger partial charge in [-0.15, -0.1) is 0 Å². The van der Waals surface area contributed by atoms with Gasteiger partial charge in [0.1, 0.15) is 18.2 Å². The molecule has 0 aliphatic rings. The van der Waals surface area contributed by atoms with Gasteiger partial charge in [0.05, 0.1) is 12.5 Å². The second-order valence-electron chi connectivity index (χ2n) is 7.87. The molecular formula is C20H29NO6. The zero-order valence-electron chi connectivity index (χ0n) is 16.8. The molecule has 7 heteroatoms. The molecule has 0 bridgehead atoms. The third-order valence-corrected chi connectivity index (χ3v) is 3.65. The molecule has 1 aromatic rings. The highest BCUT2D eigenvalue weighted by molar-refractivity contribution is 5.83. The van der Waals surface area contributed by atoms with Crippen molar-refractivity contribution in [1.29, 1.82) is 0 Å². The molecule has 1 rings (SSSR count). The minimum atomic E-state index is -1.06. The van der Waals surface area contributed by atoms with E-state index in [1.165, 1.54) is 7.11 Å². The lowest BCUT2D eigenvalue weighted by Gasteiger charge is -2.28. The van der Waals surface area contributed by atoms with E-state index < -0.39 is 35.1 Å². The molecule has 7 nitrogen and oxygen atoms in total. The second kappa shape index (κ2) is 9.39. The summed E-state index contributed by atoms with van der Waals surface area (Å²) < 4.78 is 15.3. The van der Waals surface area contributed by atoms with Gasteiger partial charge >= 0.3 is 18.0 Å². The SMILES string of the molecule is COC(=O)C(C)(C)CC(NC(=O)OC(C)(C)C)C(=O)OCc1ccccc1. The number of alkyl carbamates (subject to hydrolysis) is 1. The molecule has 0 fully saturated rings. The van der Waals surface area contributed by atoms with Crippen molar-refractivity contribution >= 4 is 18.0 Å². The van der Waals surface area contributed by atoms with Gasteiger partial charge in [0, 0.05) is 0 Å². The molecule has 1 amide bonds. The number of amides is 1. The Bertz CT molecular complexity index is 648. The number of hydrogen-bond donors (Lipinski definition) is 1. The summed E-state index contributed by atoms with van der Waals surface area (Å²) in [5.74, 6) is -1.14. The predicted octanol–water partition coefficient (Wildman–Crippen LogP) is 3.21. The molecule has 1 atom stereocenters. The summed E-state index contributed by atoms with van der Waals surface area (Å²) in [6.45, 7) is 8.47. The summed E-state index contributed by atoms with van der Waals surface area (Å²) in [5, 5.41) is 2.50. The van der Waals surface area contributed by atoms with E-state index in [0.29, 0.717) is 0 Å². The lowest BCUT2D eigenvalue weighted by Crippen LogP contribution is -2.47. The Hall–Kier alpha value is -2.57. The van der Waals surface area contributed by atoms with Crippen LogP contribution in [0.2, 0.25) is 0 Å². The first-order valence-corrected chi connectivity index (χ1v) is 8.73. The Morgan fingerprint density at radius 2 is 1.63 bits per heavy atom. The molecule has 0 saturated carbocycles. The van der Waals surface area contributed by atoms with E-state index in [2.05, 4.69) is 5.32 Å². The molecule has 0 aromatic heterocycles. The van der Waals surface area contributed by atoms with Crippen LogP contribution in [0.5, 0.6) is 0 Å². The minimum absolute atomic E-state index is 0.00649. The van der Waals surface area contributed by atoms with Crippen molar-refractivity contribution in [2.24, 2.45) is 5.41 Å². The van der Waals surface area contributed by atoms with E-state index in [0.717, 1.165) is 5.56 Å². The molecule has 0 aliphatic carbocycles. The van der Waals surface area contributed by atoms with Gasteiger partial charge in [-0.05, 0) is 46.6 Å². The second-order valence-corrected chi connectivity index (χ2v) is 7.87. The molecule has 0 heterocycles. The van der Waals surface area contributed by atoms with E-state index in [4.69, 9.17) is 14.2 Å². The van der Waals surface area contributed by atoms with E-state index in [-0.39, 0.29) is 13.0 Å². The maximum atomic E-state index is 12.6. The quantitative estimate of drug-likeness (QED) is 0.578. The van der Waals surface area contributed by atoms with Crippen molar-refractivity contribution in [3.8, 4) is 0 Å². The molecule has 0 aliphatic heterocycles. The fourth-order valence-electron chi connectivity index (χ4n) is 2.34. The molecule has 0 spiro atoms. The van der Waals surface area contributed by atoms with Crippen LogP contribution in [0.3, 0.4) is 0 Å². The third-order valence-electron chi connectivity index (χ3n) is 3.65. The first kappa shape index (κ1) is 22.5. The van der Waals surface area contributed by atoms with Gasteiger partial charge in [0.2, 0.25) is 0 Å². The number of benzene rings is 1. The Morgan fingerprint density at radius 3 is 2.15 bits per heavy atom. The average molecular weight is 379 g/mol. The smallest absolute Gasteiger partial charge is 0.408 e. The summed E-state index contributed by atoms with van der Waals surface area (Å²) in [6, 6.07) is 8.11. The van der Waals surface area contributed by atoms with Gasteiger partial charge in [-0.3, -0.25) is 4.79 Å². The van der Waals surface area contributed by atoms with Crippen LogP contribution in [0.1, 0.15) is 46.6 Å². The number of nitrogens with one attached hydrogen (secondary N) is 1. The monoisotopic (exact) mass is 379 g/mol. The topological polar surface area (TPSA) is 90.9 Å². The molecule has 0 radical (unpaired) electrons. The highest BCUT2D eigenvalue weighted by Gasteiger charge is 2.37. The van der Waals surface area contributed by atoms with Gasteiger partial charge < -0.3 is 19.5 Å². The minimum Gasteiger partial charge on any atom is -0.469 e. The summed E-state index contributed by atoms with van der Waals surface area (Å²) >= 11 is 0. The summed E-state index contributed by atoms with van der Waals surface area (Å²) in [6.07, 6.45) is -0.753. The number of methoxy groups -OCH3 is 1. The van der Waals surface area contributed by atoms with Crippen molar-refractivity contribution in [2.75, 3.05) is 7.11 Å². The van der Waals surface area contributed by atoms with Gasteiger partial charge in [-0.2, -0.15) is 0 Å². The normalized spacial score (nSPS) is 12.7. The number of hydrogen-bond acceptors (Lipinski definition) is 6. The highest BCUT2D eigenvalue weighted by atomic mass is 16.6. The van der Waals surface area contributed by atoms with E-state index in [9.17, 15) is 14.4 Å². The fourth-order valence-corrected chi connectivity index (χ4v) is 2.34. The highest BCUT2D eigenvalue weighted by Crippen LogP contribution is 2.25. The Morgan fingerprint density at radius 1 is 1.04 bits per heavy atom. The Kier molecular flexibility index (Phi) is 7.82. The summed E-state index contributed by atoms with van der Waals surface area (Å²) in [5.41, 5.74) is -0.908. The van der Waals surface area contributed by atoms with Crippen LogP contribution in [0.25, 0.3) is 0 Å². The molecule has 1 N–H and O–H groups in total. The number of ether oxygens (including phenoxy) is 3. The van der Waals surface area contributed by atoms with Crippen LogP contribution in [0.15, 0.2) is 30.3 Å². The van der Waals surface area contributed by atoms with E-state index in [1.54, 1.807) is 34.6 Å². The average Bonchev–Trinajstić information content (AvgIpc) is 2.57. The molecular weight excluding hydrogens is 350 g/mol. The number of carbonyl (C=O) groups excluding carboxylic acids is 3. The van der Waals surface area contributed by atoms with Gasteiger partial charge in [0.15, 0.2) is 0 Å². The molecule has 1 unspecified atom stereocenters. The fraction of sp³-hybridized carbons (Fsp3) is 0.550. The van der Waals surface area contributed by atoms with Gasteiger partial charge in [0.25, 0.3) is 0 Å². The molecule has 150 valence electrons. The Labute approximate surface area is 160 Å². The van der Waals surface area contributed by atoms with Crippen LogP contribution in [0.4, 0.5) is 4.79 Å². The van der Waals surface area contributed by atoms with E-state index in [1.807, 2.05) is 30.3 Å². The lowest BCUT2D eigenvalue weighted by atomic mass is 9.85. The predicted molar refractivity (Wildman–Crippen MR) is 99.8 cm³/mol. The molecule has 0 saturated heterocycles. The number of carbonyl (C=O) groups is 3. The summed E-state index contributed by atoms with van der Waals surface area (Å²) in [7, 11) is 1.27. The van der Waals surface area contributed by atoms with Crippen molar-refractivity contribution in [3.05, 3.63) is 35.9 Å². The first-order chi connectivity index (χ1) is 12.4. The zero-order chi connectivity index (χ0) is 20.7. The zero-order valence-corrected chi connectivity index (χ0v) is 16.8. The van der Waals surface area contributed by atoms with Crippen LogP contribution in [-0.2, 0) is 30.4 Å². The Balaban J connectivity index is 2.86. The number of rotatable bonds is 7. The third kappa shape index (κ3) is 8.11. The van der Waals surface area contributed by atoms with Gasteiger partial charge in [-0.25, -0.2) is 9.59 Å². The molecule has 1 aromatic carbocycles. The van der Waals surface area contributed by atoms with Crippen LogP contribution in [0, 0.1) is 5.41 Å². The maximum absolute atomic E-state index is 12.6. The summed E-state index contributed by atoms with van der Waals surface area (Å²) in [4.78, 5) is 36.6. The van der Waals surface area contributed by atoms with Crippen LogP contribution < -0.4 is 5.32 Å². The van der Waals surface area contributed by atoms with Gasteiger partial charge in [-0.1, -0.05) is 30.3 Å². The van der Waals surface area contributed by atoms with Crippen LogP contribution >= 0.6 is 0 Å². The maximum Gasteiger partial charge on any atom is 0.408 e. The van der Waals surface area contributed by atoms with Crippen molar-refractivity contribution < 1.29 is 28.6 Å². The first-order valence-electron chi connectivity index (χ1n) is 8.73. The van der Waals surface area contributed by atoms with Crippen molar-refractivity contribution in [3.63, 3.8) is 0 Å². The number of esters is 2. The standard InChI is InChI=1S/C20H29NO6/c1-19(2,3)27-18(24)21-15(12-20(4,5)17(23)25-6)16(22)26-13-14-10-8-7-9-11-14/h7-11,15H,12-13H2,1-6H3,(H,21,24). The largest absolute Gasteiger partial charge is 0.469 e. The van der Waals surface area contributed by atoms with Crippen molar-refractivity contribution in [2.45, 2.75) is 59.3 Å². The van der Waals surface area contributed by atoms with E-state index >= 15 is 0 Å². The van der Waals surface area contributed by atoms with Crippen molar-refractivity contribution in [1.82, 2.24) is 5.32 Å². The van der Waals surface area contributed by atoms with Crippen LogP contribution in [-0.4, -0.2) is 36.8 Å². The molecule has 27 heavy (non-hydrogen) atoms. The lowest BCUT2D eigenvalue weighted by molar-refractivity contribution is -0.154.